The van der Waals surface area contributed by atoms with Gasteiger partial charge in [-0.1, -0.05) is 141 Å². The predicted octanol–water partition coefficient (Wildman–Crippen LogP) is 8.34. The Bertz CT molecular complexity index is 1200. The van der Waals surface area contributed by atoms with Crippen molar-refractivity contribution in [2.24, 2.45) is 0 Å². The number of terminal acetylenes is 1. The SMILES string of the molecule is C#C[C@]1(COC(=O)CCCCCCCCCCCCCCCCCCCCCCC)O[C@@H](n2cnc3c(N)nc(F)nc32)C[C@@H]1O. The van der Waals surface area contributed by atoms with Crippen LogP contribution >= 0.6 is 0 Å². The number of anilines is 1. The fourth-order valence-corrected chi connectivity index (χ4v) is 6.31. The molecule has 1 aliphatic rings. The number of hydrogen-bond acceptors (Lipinski definition) is 8. The second-order valence-corrected chi connectivity index (χ2v) is 13.0. The molecule has 0 radical (unpaired) electrons. The van der Waals surface area contributed by atoms with E-state index in [4.69, 9.17) is 21.6 Å². The Balaban J connectivity index is 1.16. The summed E-state index contributed by atoms with van der Waals surface area (Å²) >= 11 is 0. The van der Waals surface area contributed by atoms with Crippen molar-refractivity contribution in [1.82, 2.24) is 19.5 Å². The molecule has 1 fully saturated rings. The number of hydrogen-bond donors (Lipinski definition) is 2. The minimum absolute atomic E-state index is 0.0815. The van der Waals surface area contributed by atoms with Crippen LogP contribution < -0.4 is 5.73 Å². The van der Waals surface area contributed by atoms with Gasteiger partial charge in [0.2, 0.25) is 0 Å². The third kappa shape index (κ3) is 12.4. The van der Waals surface area contributed by atoms with Gasteiger partial charge in [0.1, 0.15) is 18.9 Å². The minimum atomic E-state index is -1.53. The Hall–Kier alpha value is -2.77. The lowest BCUT2D eigenvalue weighted by Gasteiger charge is -2.26. The molecule has 0 amide bonds. The number of unbranched alkanes of at least 4 members (excludes halogenated alkanes) is 20. The number of esters is 1. The van der Waals surface area contributed by atoms with Gasteiger partial charge in [0.25, 0.3) is 0 Å². The molecule has 3 heterocycles. The predicted molar refractivity (Wildman–Crippen MR) is 180 cm³/mol. The zero-order valence-corrected chi connectivity index (χ0v) is 28.2. The highest BCUT2D eigenvalue weighted by Crippen LogP contribution is 2.38. The number of nitrogen functional groups attached to an aromatic ring is 1. The average molecular weight is 644 g/mol. The van der Waals surface area contributed by atoms with Crippen LogP contribution in [0, 0.1) is 18.4 Å². The lowest BCUT2D eigenvalue weighted by Crippen LogP contribution is -2.43. The van der Waals surface area contributed by atoms with Gasteiger partial charge in [0.15, 0.2) is 22.6 Å². The first-order chi connectivity index (χ1) is 22.4. The first kappa shape index (κ1) is 37.7. The first-order valence-electron chi connectivity index (χ1n) is 18.0. The van der Waals surface area contributed by atoms with E-state index in [1.165, 1.54) is 126 Å². The van der Waals surface area contributed by atoms with Gasteiger partial charge in [-0.15, -0.1) is 6.42 Å². The fraction of sp³-hybridized carbons (Fsp3) is 0.778. The molecule has 3 N–H and O–H groups in total. The van der Waals surface area contributed by atoms with Gasteiger partial charge in [-0.2, -0.15) is 14.4 Å². The maximum atomic E-state index is 13.8. The van der Waals surface area contributed by atoms with Crippen molar-refractivity contribution in [3.05, 3.63) is 12.4 Å². The maximum absolute atomic E-state index is 13.8. The van der Waals surface area contributed by atoms with E-state index in [2.05, 4.69) is 27.8 Å². The molecule has 10 heteroatoms. The Labute approximate surface area is 275 Å². The molecule has 46 heavy (non-hydrogen) atoms. The summed E-state index contributed by atoms with van der Waals surface area (Å²) in [5, 5.41) is 10.7. The monoisotopic (exact) mass is 643 g/mol. The van der Waals surface area contributed by atoms with Crippen molar-refractivity contribution in [2.45, 2.75) is 173 Å². The van der Waals surface area contributed by atoms with E-state index in [0.29, 0.717) is 6.42 Å². The standard InChI is InChI=1S/C36H58FN5O4/c1-3-5-6-7-8-9-10-11-12-13-14-15-16-17-18-19-20-21-22-23-24-25-31(44)45-27-36(4-2)29(43)26-30(46-36)42-28-39-32-33(38)40-35(37)41-34(32)42/h2,28-30,43H,3,5-27H2,1H3,(H2,38,40,41)/t29-,30+,36+/m0/s1. The summed E-state index contributed by atoms with van der Waals surface area (Å²) in [5.41, 5.74) is 4.56. The number of fused-ring (bicyclic) bond motifs is 1. The maximum Gasteiger partial charge on any atom is 0.312 e. The van der Waals surface area contributed by atoms with E-state index in [0.717, 1.165) is 19.3 Å². The average Bonchev–Trinajstić information content (AvgIpc) is 3.61. The molecule has 0 aromatic carbocycles. The minimum Gasteiger partial charge on any atom is -0.461 e. The van der Waals surface area contributed by atoms with Crippen LogP contribution in [0.5, 0.6) is 0 Å². The van der Waals surface area contributed by atoms with Gasteiger partial charge in [-0.05, 0) is 6.42 Å². The van der Waals surface area contributed by atoms with E-state index in [-0.39, 0.29) is 36.0 Å². The molecule has 0 spiro atoms. The molecule has 2 aromatic heterocycles. The van der Waals surface area contributed by atoms with Crippen molar-refractivity contribution < 1.29 is 23.8 Å². The van der Waals surface area contributed by atoms with Gasteiger partial charge < -0.3 is 20.3 Å². The number of imidazole rings is 1. The van der Waals surface area contributed by atoms with Crippen molar-refractivity contribution in [2.75, 3.05) is 12.3 Å². The van der Waals surface area contributed by atoms with Crippen LogP contribution in [0.15, 0.2) is 6.33 Å². The molecule has 3 atom stereocenters. The Morgan fingerprint density at radius 3 is 1.96 bits per heavy atom. The third-order valence-corrected chi connectivity index (χ3v) is 9.22. The molecular weight excluding hydrogens is 585 g/mol. The van der Waals surface area contributed by atoms with E-state index >= 15 is 0 Å². The summed E-state index contributed by atoms with van der Waals surface area (Å²) in [6.45, 7) is 2.00. The second kappa shape index (κ2) is 21.2. The number of nitrogens with zero attached hydrogens (tertiary/aromatic N) is 4. The number of ether oxygens (including phenoxy) is 2. The number of carbonyl (C=O) groups is 1. The number of aromatic nitrogens is 4. The molecule has 1 saturated heterocycles. The summed E-state index contributed by atoms with van der Waals surface area (Å²) in [6, 6.07) is 0. The summed E-state index contributed by atoms with van der Waals surface area (Å²) in [6.07, 6.45) is 32.1. The quantitative estimate of drug-likeness (QED) is 0.0479. The van der Waals surface area contributed by atoms with Gasteiger partial charge in [-0.25, -0.2) is 4.98 Å². The van der Waals surface area contributed by atoms with E-state index in [9.17, 15) is 14.3 Å². The van der Waals surface area contributed by atoms with Crippen LogP contribution in [0.25, 0.3) is 11.2 Å². The van der Waals surface area contributed by atoms with Gasteiger partial charge >= 0.3 is 12.0 Å². The Morgan fingerprint density at radius 1 is 0.957 bits per heavy atom. The van der Waals surface area contributed by atoms with Crippen molar-refractivity contribution in [3.8, 4) is 12.3 Å². The van der Waals surface area contributed by atoms with E-state index in [1.54, 1.807) is 0 Å². The lowest BCUT2D eigenvalue weighted by atomic mass is 9.99. The van der Waals surface area contributed by atoms with Crippen molar-refractivity contribution in [1.29, 1.82) is 0 Å². The molecule has 258 valence electrons. The topological polar surface area (TPSA) is 125 Å². The first-order valence-corrected chi connectivity index (χ1v) is 18.0. The number of carbonyl (C=O) groups excluding carboxylic acids is 1. The highest BCUT2D eigenvalue weighted by Gasteiger charge is 2.49. The van der Waals surface area contributed by atoms with Gasteiger partial charge in [-0.3, -0.25) is 9.36 Å². The zero-order chi connectivity index (χ0) is 33.0. The van der Waals surface area contributed by atoms with Crippen LogP contribution in [0.4, 0.5) is 10.2 Å². The fourth-order valence-electron chi connectivity index (χ4n) is 6.31. The van der Waals surface area contributed by atoms with Crippen LogP contribution in [0.1, 0.15) is 161 Å². The molecule has 1 aliphatic heterocycles. The summed E-state index contributed by atoms with van der Waals surface area (Å²) in [5.74, 6) is 1.99. The van der Waals surface area contributed by atoms with E-state index < -0.39 is 24.0 Å². The number of aliphatic hydroxyl groups excluding tert-OH is 1. The van der Waals surface area contributed by atoms with Crippen LogP contribution in [-0.4, -0.2) is 48.9 Å². The van der Waals surface area contributed by atoms with Crippen LogP contribution in [-0.2, 0) is 14.3 Å². The highest BCUT2D eigenvalue weighted by atomic mass is 19.1. The second-order valence-electron chi connectivity index (χ2n) is 13.0. The summed E-state index contributed by atoms with van der Waals surface area (Å²) in [7, 11) is 0. The Kier molecular flexibility index (Phi) is 17.3. The van der Waals surface area contributed by atoms with Crippen LogP contribution in [0.3, 0.4) is 0 Å². The van der Waals surface area contributed by atoms with Crippen molar-refractivity contribution >= 4 is 23.0 Å². The molecule has 3 rings (SSSR count). The normalized spacial score (nSPS) is 19.5. The molecule has 0 bridgehead atoms. The zero-order valence-electron chi connectivity index (χ0n) is 28.2. The lowest BCUT2D eigenvalue weighted by molar-refractivity contribution is -0.156. The molecule has 0 saturated carbocycles. The molecular formula is C36H58FN5O4. The summed E-state index contributed by atoms with van der Waals surface area (Å²) in [4.78, 5) is 23.8. The molecule has 9 nitrogen and oxygen atoms in total. The van der Waals surface area contributed by atoms with Crippen molar-refractivity contribution in [3.63, 3.8) is 0 Å². The van der Waals surface area contributed by atoms with Gasteiger partial charge in [0, 0.05) is 12.8 Å². The molecule has 2 aromatic rings. The highest BCUT2D eigenvalue weighted by molar-refractivity contribution is 5.81. The Morgan fingerprint density at radius 2 is 1.46 bits per heavy atom. The largest absolute Gasteiger partial charge is 0.461 e. The van der Waals surface area contributed by atoms with Gasteiger partial charge in [0.05, 0.1) is 6.33 Å². The smallest absolute Gasteiger partial charge is 0.312 e. The third-order valence-electron chi connectivity index (χ3n) is 9.22. The van der Waals surface area contributed by atoms with E-state index in [1.807, 2.05) is 0 Å². The number of nitrogens with two attached hydrogens (primary N) is 1. The number of rotatable bonds is 25. The number of halogens is 1. The molecule has 0 aliphatic carbocycles. The summed E-state index contributed by atoms with van der Waals surface area (Å²) < 4.78 is 26.6. The van der Waals surface area contributed by atoms with Crippen LogP contribution in [0.2, 0.25) is 0 Å². The molecule has 0 unspecified atom stereocenters. The number of aliphatic hydroxyl groups is 1.